The number of hydrogen-bond donors (Lipinski definition) is 1. The predicted molar refractivity (Wildman–Crippen MR) is 62.0 cm³/mol. The van der Waals surface area contributed by atoms with Crippen molar-refractivity contribution in [2.24, 2.45) is 0 Å². The highest BCUT2D eigenvalue weighted by Gasteiger charge is 2.04. The Morgan fingerprint density at radius 1 is 1.13 bits per heavy atom. The smallest absolute Gasteiger partial charge is 0.192 e. The normalized spacial score (nSPS) is 10.2. The molecule has 5 heteroatoms. The molecule has 0 aliphatic heterocycles. The molecule has 0 saturated carbocycles. The van der Waals surface area contributed by atoms with Crippen LogP contribution in [0.4, 0.5) is 0 Å². The van der Waals surface area contributed by atoms with Crippen LogP contribution < -0.4 is 0 Å². The molecule has 1 heterocycles. The monoisotopic (exact) mass is 282 g/mol. The largest absolute Gasteiger partial charge is 0.507 e. The van der Waals surface area contributed by atoms with Gasteiger partial charge in [0.05, 0.1) is 9.37 Å². The number of halogens is 1. The summed E-state index contributed by atoms with van der Waals surface area (Å²) in [6.45, 7) is 0. The summed E-state index contributed by atoms with van der Waals surface area (Å²) in [4.78, 5) is 8.97. The Labute approximate surface area is 99.7 Å². The Bertz CT molecular complexity index is 461. The molecule has 0 fully saturated rings. The molecule has 1 N–H and O–H groups in total. The van der Waals surface area contributed by atoms with Crippen molar-refractivity contribution >= 4 is 27.7 Å². The zero-order valence-electron chi connectivity index (χ0n) is 7.59. The summed E-state index contributed by atoms with van der Waals surface area (Å²) >= 11 is 4.59. The van der Waals surface area contributed by atoms with Crippen LogP contribution in [0.2, 0.25) is 0 Å². The van der Waals surface area contributed by atoms with Crippen molar-refractivity contribution in [3.8, 4) is 5.75 Å². The van der Waals surface area contributed by atoms with Crippen LogP contribution in [0.1, 0.15) is 0 Å². The quantitative estimate of drug-likeness (QED) is 0.860. The molecule has 1 aromatic carbocycles. The fraction of sp³-hybridized carbons (Fsp3) is 0. The van der Waals surface area contributed by atoms with Gasteiger partial charge in [-0.2, -0.15) is 0 Å². The third kappa shape index (κ3) is 2.70. The zero-order chi connectivity index (χ0) is 10.7. The standard InChI is InChI=1S/C10H7BrN2OS/c11-7-5-12-10(13-6-7)15-9-4-2-1-3-8(9)14/h1-6,14H. The van der Waals surface area contributed by atoms with Crippen LogP contribution in [0.5, 0.6) is 5.75 Å². The minimum absolute atomic E-state index is 0.244. The summed E-state index contributed by atoms with van der Waals surface area (Å²) in [5.41, 5.74) is 0. The summed E-state index contributed by atoms with van der Waals surface area (Å²) in [6, 6.07) is 7.11. The van der Waals surface area contributed by atoms with E-state index < -0.39 is 0 Å². The van der Waals surface area contributed by atoms with Crippen molar-refractivity contribution in [3.05, 3.63) is 41.1 Å². The molecule has 3 nitrogen and oxygen atoms in total. The van der Waals surface area contributed by atoms with Crippen LogP contribution >= 0.6 is 27.7 Å². The number of phenolic OH excluding ortho intramolecular Hbond substituents is 1. The van der Waals surface area contributed by atoms with Gasteiger partial charge in [0, 0.05) is 12.4 Å². The van der Waals surface area contributed by atoms with Crippen molar-refractivity contribution in [2.45, 2.75) is 10.1 Å². The molecule has 0 aliphatic rings. The van der Waals surface area contributed by atoms with Gasteiger partial charge >= 0.3 is 0 Å². The Balaban J connectivity index is 2.22. The van der Waals surface area contributed by atoms with Gasteiger partial charge in [-0.05, 0) is 39.8 Å². The molecule has 0 aliphatic carbocycles. The maximum absolute atomic E-state index is 9.54. The molecule has 0 atom stereocenters. The summed E-state index contributed by atoms with van der Waals surface area (Å²) in [7, 11) is 0. The number of phenols is 1. The highest BCUT2D eigenvalue weighted by molar-refractivity contribution is 9.10. The van der Waals surface area contributed by atoms with Crippen LogP contribution in [-0.4, -0.2) is 15.1 Å². The van der Waals surface area contributed by atoms with Crippen LogP contribution in [0.25, 0.3) is 0 Å². The van der Waals surface area contributed by atoms with Crippen LogP contribution in [0.15, 0.2) is 51.2 Å². The summed E-state index contributed by atoms with van der Waals surface area (Å²) in [6.07, 6.45) is 3.35. The van der Waals surface area contributed by atoms with E-state index in [4.69, 9.17) is 0 Å². The van der Waals surface area contributed by atoms with Crippen LogP contribution in [-0.2, 0) is 0 Å². The highest BCUT2D eigenvalue weighted by Crippen LogP contribution is 2.31. The fourth-order valence-corrected chi connectivity index (χ4v) is 1.93. The van der Waals surface area contributed by atoms with Gasteiger partial charge in [0.25, 0.3) is 0 Å². The molecule has 0 radical (unpaired) electrons. The first-order valence-electron chi connectivity index (χ1n) is 4.19. The Morgan fingerprint density at radius 2 is 1.80 bits per heavy atom. The second-order valence-electron chi connectivity index (χ2n) is 2.75. The molecule has 2 aromatic rings. The number of para-hydroxylation sites is 1. The van der Waals surface area contributed by atoms with E-state index in [0.29, 0.717) is 5.16 Å². The highest BCUT2D eigenvalue weighted by atomic mass is 79.9. The molecule has 0 unspecified atom stereocenters. The van der Waals surface area contributed by atoms with E-state index in [1.54, 1.807) is 24.5 Å². The van der Waals surface area contributed by atoms with E-state index in [-0.39, 0.29) is 5.75 Å². The molecule has 0 bridgehead atoms. The molecule has 0 saturated heterocycles. The first kappa shape index (κ1) is 10.4. The van der Waals surface area contributed by atoms with Gasteiger partial charge in [-0.1, -0.05) is 12.1 Å². The molecule has 2 rings (SSSR count). The van der Waals surface area contributed by atoms with E-state index in [1.165, 1.54) is 11.8 Å². The van der Waals surface area contributed by atoms with Gasteiger partial charge in [0.1, 0.15) is 5.75 Å². The zero-order valence-corrected chi connectivity index (χ0v) is 9.99. The first-order chi connectivity index (χ1) is 7.25. The second kappa shape index (κ2) is 4.63. The van der Waals surface area contributed by atoms with Gasteiger partial charge < -0.3 is 5.11 Å². The lowest BCUT2D eigenvalue weighted by Gasteiger charge is -2.01. The minimum Gasteiger partial charge on any atom is -0.507 e. The van der Waals surface area contributed by atoms with Gasteiger partial charge in [-0.25, -0.2) is 9.97 Å². The number of nitrogens with zero attached hydrogens (tertiary/aromatic N) is 2. The maximum Gasteiger partial charge on any atom is 0.192 e. The first-order valence-corrected chi connectivity index (χ1v) is 5.80. The summed E-state index contributed by atoms with van der Waals surface area (Å²) in [5, 5.41) is 10.2. The molecule has 1 aromatic heterocycles. The molecule has 0 spiro atoms. The molecular formula is C10H7BrN2OS. The maximum atomic E-state index is 9.54. The average molecular weight is 283 g/mol. The Morgan fingerprint density at radius 3 is 2.47 bits per heavy atom. The Kier molecular flexibility index (Phi) is 3.23. The third-order valence-electron chi connectivity index (χ3n) is 1.66. The van der Waals surface area contributed by atoms with Gasteiger partial charge in [-0.3, -0.25) is 0 Å². The van der Waals surface area contributed by atoms with E-state index in [1.807, 2.05) is 12.1 Å². The lowest BCUT2D eigenvalue weighted by Crippen LogP contribution is -1.84. The summed E-state index contributed by atoms with van der Waals surface area (Å²) < 4.78 is 0.837. The molecule has 76 valence electrons. The number of rotatable bonds is 2. The van der Waals surface area contributed by atoms with Gasteiger partial charge in [-0.15, -0.1) is 0 Å². The van der Waals surface area contributed by atoms with Crippen molar-refractivity contribution in [1.82, 2.24) is 9.97 Å². The van der Waals surface area contributed by atoms with Gasteiger partial charge in [0.2, 0.25) is 0 Å². The second-order valence-corrected chi connectivity index (χ2v) is 4.68. The van der Waals surface area contributed by atoms with E-state index in [2.05, 4.69) is 25.9 Å². The van der Waals surface area contributed by atoms with Crippen LogP contribution in [0, 0.1) is 0 Å². The number of hydrogen-bond acceptors (Lipinski definition) is 4. The van der Waals surface area contributed by atoms with Crippen molar-refractivity contribution < 1.29 is 5.11 Å². The van der Waals surface area contributed by atoms with E-state index >= 15 is 0 Å². The number of aromatic nitrogens is 2. The van der Waals surface area contributed by atoms with Crippen molar-refractivity contribution in [2.75, 3.05) is 0 Å². The number of aromatic hydroxyl groups is 1. The van der Waals surface area contributed by atoms with E-state index in [9.17, 15) is 5.11 Å². The fourth-order valence-electron chi connectivity index (χ4n) is 0.995. The average Bonchev–Trinajstić information content (AvgIpc) is 2.25. The predicted octanol–water partition coefficient (Wildman–Crippen LogP) is 3.10. The lowest BCUT2D eigenvalue weighted by molar-refractivity contribution is 0.462. The minimum atomic E-state index is 0.244. The summed E-state index contributed by atoms with van der Waals surface area (Å²) in [5.74, 6) is 0.244. The molecular weight excluding hydrogens is 276 g/mol. The number of benzene rings is 1. The Hall–Kier alpha value is -1.07. The SMILES string of the molecule is Oc1ccccc1Sc1ncc(Br)cn1. The topological polar surface area (TPSA) is 46.0 Å². The van der Waals surface area contributed by atoms with Crippen molar-refractivity contribution in [3.63, 3.8) is 0 Å². The van der Waals surface area contributed by atoms with Crippen LogP contribution in [0.3, 0.4) is 0 Å². The molecule has 0 amide bonds. The van der Waals surface area contributed by atoms with E-state index in [0.717, 1.165) is 9.37 Å². The van der Waals surface area contributed by atoms with Crippen molar-refractivity contribution in [1.29, 1.82) is 0 Å². The third-order valence-corrected chi connectivity index (χ3v) is 3.03. The lowest BCUT2D eigenvalue weighted by atomic mass is 10.3. The molecule has 15 heavy (non-hydrogen) atoms. The van der Waals surface area contributed by atoms with Gasteiger partial charge in [0.15, 0.2) is 5.16 Å².